The molecule has 0 unspecified atom stereocenters. The van der Waals surface area contributed by atoms with Gasteiger partial charge in [-0.1, -0.05) is 61.5 Å². The standard InChI is InChI=1S/C16H16/c1-16(15-9-3-2-4-10-15)11-13-7-5-6-8-14(13)12-16/h2-10H,11-12H2,1H3. The van der Waals surface area contributed by atoms with E-state index in [9.17, 15) is 0 Å². The Hall–Kier alpha value is -1.56. The van der Waals surface area contributed by atoms with Gasteiger partial charge in [-0.25, -0.2) is 0 Å². The molecule has 1 aliphatic carbocycles. The summed E-state index contributed by atoms with van der Waals surface area (Å²) in [4.78, 5) is 0. The number of fused-ring (bicyclic) bond motifs is 1. The van der Waals surface area contributed by atoms with Crippen LogP contribution in [0.15, 0.2) is 54.6 Å². The van der Waals surface area contributed by atoms with Crippen molar-refractivity contribution in [2.75, 3.05) is 0 Å². The van der Waals surface area contributed by atoms with Crippen LogP contribution < -0.4 is 0 Å². The van der Waals surface area contributed by atoms with E-state index in [2.05, 4.69) is 61.5 Å². The molecule has 2 aromatic carbocycles. The minimum Gasteiger partial charge on any atom is -0.0622 e. The van der Waals surface area contributed by atoms with Crippen molar-refractivity contribution in [3.05, 3.63) is 71.3 Å². The lowest BCUT2D eigenvalue weighted by Gasteiger charge is -2.24. The Kier molecular flexibility index (Phi) is 2.10. The van der Waals surface area contributed by atoms with Crippen LogP contribution in [0.5, 0.6) is 0 Å². The summed E-state index contributed by atoms with van der Waals surface area (Å²) in [5.41, 5.74) is 4.80. The highest BCUT2D eigenvalue weighted by Crippen LogP contribution is 2.39. The summed E-state index contributed by atoms with van der Waals surface area (Å²) < 4.78 is 0. The molecule has 0 N–H and O–H groups in total. The van der Waals surface area contributed by atoms with Gasteiger partial charge >= 0.3 is 0 Å². The first-order valence-corrected chi connectivity index (χ1v) is 5.90. The molecular formula is C16H16. The second kappa shape index (κ2) is 3.48. The highest BCUT2D eigenvalue weighted by Gasteiger charge is 2.33. The van der Waals surface area contributed by atoms with Crippen molar-refractivity contribution in [2.45, 2.75) is 25.2 Å². The van der Waals surface area contributed by atoms with Crippen LogP contribution in [0, 0.1) is 0 Å². The van der Waals surface area contributed by atoms with Crippen molar-refractivity contribution in [3.63, 3.8) is 0 Å². The zero-order valence-electron chi connectivity index (χ0n) is 9.61. The summed E-state index contributed by atoms with van der Waals surface area (Å²) in [5, 5.41) is 0. The van der Waals surface area contributed by atoms with Gasteiger partial charge in [-0.15, -0.1) is 0 Å². The van der Waals surface area contributed by atoms with E-state index < -0.39 is 0 Å². The van der Waals surface area contributed by atoms with E-state index in [0.717, 1.165) is 0 Å². The maximum atomic E-state index is 2.38. The Morgan fingerprint density at radius 3 is 1.81 bits per heavy atom. The number of benzene rings is 2. The Balaban J connectivity index is 2.01. The van der Waals surface area contributed by atoms with Crippen molar-refractivity contribution >= 4 is 0 Å². The Bertz CT molecular complexity index is 471. The molecule has 0 nitrogen and oxygen atoms in total. The monoisotopic (exact) mass is 208 g/mol. The first kappa shape index (κ1) is 9.65. The molecular weight excluding hydrogens is 192 g/mol. The fourth-order valence-corrected chi connectivity index (χ4v) is 2.85. The molecule has 80 valence electrons. The predicted molar refractivity (Wildman–Crippen MR) is 67.6 cm³/mol. The highest BCUT2D eigenvalue weighted by atomic mass is 14.4. The van der Waals surface area contributed by atoms with E-state index in [1.54, 1.807) is 0 Å². The third-order valence-corrected chi connectivity index (χ3v) is 3.75. The molecule has 16 heavy (non-hydrogen) atoms. The van der Waals surface area contributed by atoms with Crippen molar-refractivity contribution in [3.8, 4) is 0 Å². The van der Waals surface area contributed by atoms with Crippen molar-refractivity contribution in [1.82, 2.24) is 0 Å². The smallest absolute Gasteiger partial charge is 0.000559 e. The van der Waals surface area contributed by atoms with Crippen LogP contribution in [0.2, 0.25) is 0 Å². The van der Waals surface area contributed by atoms with Gasteiger partial charge in [-0.3, -0.25) is 0 Å². The molecule has 0 radical (unpaired) electrons. The first-order chi connectivity index (χ1) is 7.78. The Labute approximate surface area is 96.9 Å². The number of hydrogen-bond donors (Lipinski definition) is 0. The van der Waals surface area contributed by atoms with Gasteiger partial charge in [0, 0.05) is 5.41 Å². The molecule has 0 saturated heterocycles. The fourth-order valence-electron chi connectivity index (χ4n) is 2.85. The van der Waals surface area contributed by atoms with Gasteiger partial charge in [0.15, 0.2) is 0 Å². The predicted octanol–water partition coefficient (Wildman–Crippen LogP) is 3.74. The molecule has 0 saturated carbocycles. The second-order valence-corrected chi connectivity index (χ2v) is 5.05. The van der Waals surface area contributed by atoms with E-state index in [-0.39, 0.29) is 0 Å². The largest absolute Gasteiger partial charge is 0.0622 e. The van der Waals surface area contributed by atoms with E-state index in [0.29, 0.717) is 5.41 Å². The third kappa shape index (κ3) is 1.46. The van der Waals surface area contributed by atoms with E-state index >= 15 is 0 Å². The van der Waals surface area contributed by atoms with E-state index in [1.807, 2.05) is 0 Å². The fraction of sp³-hybridized carbons (Fsp3) is 0.250. The van der Waals surface area contributed by atoms with Crippen molar-refractivity contribution in [1.29, 1.82) is 0 Å². The first-order valence-electron chi connectivity index (χ1n) is 5.90. The number of rotatable bonds is 1. The summed E-state index contributed by atoms with van der Waals surface area (Å²) in [6, 6.07) is 19.7. The minimum atomic E-state index is 0.297. The average Bonchev–Trinajstić information content (AvgIpc) is 2.68. The van der Waals surface area contributed by atoms with Gasteiger partial charge in [0.05, 0.1) is 0 Å². The molecule has 1 aliphatic rings. The van der Waals surface area contributed by atoms with Crippen LogP contribution in [0.3, 0.4) is 0 Å². The van der Waals surface area contributed by atoms with Gasteiger partial charge in [0.25, 0.3) is 0 Å². The highest BCUT2D eigenvalue weighted by molar-refractivity contribution is 5.41. The van der Waals surface area contributed by atoms with Crippen LogP contribution in [0.1, 0.15) is 23.6 Å². The summed E-state index contributed by atoms with van der Waals surface area (Å²) in [7, 11) is 0. The SMILES string of the molecule is CC1(c2ccccc2)Cc2ccccc2C1. The molecule has 0 fully saturated rings. The van der Waals surface area contributed by atoms with Crippen LogP contribution in [-0.2, 0) is 18.3 Å². The summed E-state index contributed by atoms with van der Waals surface area (Å²) in [6.07, 6.45) is 2.35. The van der Waals surface area contributed by atoms with Crippen molar-refractivity contribution < 1.29 is 0 Å². The summed E-state index contributed by atoms with van der Waals surface area (Å²) in [5.74, 6) is 0. The number of hydrogen-bond acceptors (Lipinski definition) is 0. The quantitative estimate of drug-likeness (QED) is 0.669. The Morgan fingerprint density at radius 2 is 1.25 bits per heavy atom. The van der Waals surface area contributed by atoms with Gasteiger partial charge in [0.2, 0.25) is 0 Å². The maximum absolute atomic E-state index is 2.38. The lowest BCUT2D eigenvalue weighted by atomic mass is 9.80. The van der Waals surface area contributed by atoms with Gasteiger partial charge in [-0.2, -0.15) is 0 Å². The lowest BCUT2D eigenvalue weighted by Crippen LogP contribution is -2.21. The normalized spacial score (nSPS) is 17.1. The Morgan fingerprint density at radius 1 is 0.750 bits per heavy atom. The van der Waals surface area contributed by atoms with Gasteiger partial charge < -0.3 is 0 Å². The molecule has 0 aromatic heterocycles. The summed E-state index contributed by atoms with van der Waals surface area (Å²) in [6.45, 7) is 2.38. The van der Waals surface area contributed by atoms with Gasteiger partial charge in [0.1, 0.15) is 0 Å². The van der Waals surface area contributed by atoms with E-state index in [4.69, 9.17) is 0 Å². The molecule has 0 spiro atoms. The zero-order valence-corrected chi connectivity index (χ0v) is 9.61. The van der Waals surface area contributed by atoms with Crippen LogP contribution in [-0.4, -0.2) is 0 Å². The molecule has 0 atom stereocenters. The van der Waals surface area contributed by atoms with Crippen LogP contribution in [0.4, 0.5) is 0 Å². The molecule has 2 aromatic rings. The maximum Gasteiger partial charge on any atom is 0.000559 e. The van der Waals surface area contributed by atoms with Crippen molar-refractivity contribution in [2.24, 2.45) is 0 Å². The average molecular weight is 208 g/mol. The summed E-state index contributed by atoms with van der Waals surface area (Å²) >= 11 is 0. The zero-order chi connectivity index (χ0) is 11.0. The minimum absolute atomic E-state index is 0.297. The topological polar surface area (TPSA) is 0 Å². The van der Waals surface area contributed by atoms with Gasteiger partial charge in [-0.05, 0) is 29.5 Å². The third-order valence-electron chi connectivity index (χ3n) is 3.75. The second-order valence-electron chi connectivity index (χ2n) is 5.05. The van der Waals surface area contributed by atoms with Crippen LogP contribution in [0.25, 0.3) is 0 Å². The van der Waals surface area contributed by atoms with Crippen LogP contribution >= 0.6 is 0 Å². The molecule has 3 rings (SSSR count). The molecule has 0 heteroatoms. The lowest BCUT2D eigenvalue weighted by molar-refractivity contribution is 0.503. The molecule has 0 aliphatic heterocycles. The van der Waals surface area contributed by atoms with E-state index in [1.165, 1.54) is 29.5 Å². The molecule has 0 bridgehead atoms. The molecule has 0 amide bonds. The molecule has 0 heterocycles.